The van der Waals surface area contributed by atoms with Crippen molar-refractivity contribution in [1.29, 1.82) is 5.41 Å². The topological polar surface area (TPSA) is 76.2 Å². The summed E-state index contributed by atoms with van der Waals surface area (Å²) in [5.74, 6) is 1.07. The largest absolute Gasteiger partial charge is 0.491 e. The summed E-state index contributed by atoms with van der Waals surface area (Å²) < 4.78 is 5.98. The van der Waals surface area contributed by atoms with Crippen molar-refractivity contribution in [2.24, 2.45) is 5.73 Å². The highest BCUT2D eigenvalue weighted by Crippen LogP contribution is 2.23. The Bertz CT molecular complexity index is 951. The number of amidine groups is 1. The van der Waals surface area contributed by atoms with E-state index in [1.54, 1.807) is 0 Å². The van der Waals surface area contributed by atoms with Gasteiger partial charge in [0.15, 0.2) is 0 Å². The lowest BCUT2D eigenvalue weighted by atomic mass is 10.0. The van der Waals surface area contributed by atoms with Gasteiger partial charge >= 0.3 is 0 Å². The van der Waals surface area contributed by atoms with E-state index in [2.05, 4.69) is 0 Å². The van der Waals surface area contributed by atoms with Crippen molar-refractivity contribution >= 4 is 22.4 Å². The van der Waals surface area contributed by atoms with Crippen LogP contribution in [0.15, 0.2) is 66.7 Å². The maximum atomic E-state index is 12.1. The summed E-state index contributed by atoms with van der Waals surface area (Å²) in [7, 11) is 0. The Hall–Kier alpha value is -3.14. The molecule has 0 aliphatic rings. The van der Waals surface area contributed by atoms with Gasteiger partial charge in [0.2, 0.25) is 0 Å². The third-order valence-electron chi connectivity index (χ3n) is 4.53. The molecule has 0 saturated heterocycles. The van der Waals surface area contributed by atoms with E-state index < -0.39 is 0 Å². The summed E-state index contributed by atoms with van der Waals surface area (Å²) in [6.45, 7) is 1.98. The monoisotopic (exact) mass is 360 g/mol. The van der Waals surface area contributed by atoms with Crippen LogP contribution in [0.5, 0.6) is 5.75 Å². The number of hydrogen-bond donors (Lipinski definition) is 2. The van der Waals surface area contributed by atoms with Gasteiger partial charge in [0.1, 0.15) is 17.4 Å². The molecule has 0 radical (unpaired) electrons. The van der Waals surface area contributed by atoms with E-state index in [1.165, 1.54) is 0 Å². The quantitative estimate of drug-likeness (QED) is 0.459. The molecular weight excluding hydrogens is 336 g/mol. The number of rotatable bonds is 8. The Kier molecular flexibility index (Phi) is 5.87. The number of ether oxygens (including phenoxy) is 1. The fraction of sp³-hybridized carbons (Fsp3) is 0.217. The Morgan fingerprint density at radius 3 is 2.48 bits per heavy atom. The molecule has 0 aromatic heterocycles. The van der Waals surface area contributed by atoms with Crippen LogP contribution in [0.3, 0.4) is 0 Å². The van der Waals surface area contributed by atoms with Gasteiger partial charge in [-0.05, 0) is 47.9 Å². The average molecular weight is 360 g/mol. The first-order valence-electron chi connectivity index (χ1n) is 9.12. The SMILES string of the molecule is CC(CCC(=O)Cc1ccccc1)Oc1ccc2cc(C(=N)N)ccc2c1. The van der Waals surface area contributed by atoms with Crippen LogP contribution in [0, 0.1) is 5.41 Å². The van der Waals surface area contributed by atoms with E-state index in [1.807, 2.05) is 73.7 Å². The van der Waals surface area contributed by atoms with Crippen LogP contribution in [0.2, 0.25) is 0 Å². The van der Waals surface area contributed by atoms with Gasteiger partial charge in [0, 0.05) is 18.4 Å². The van der Waals surface area contributed by atoms with Crippen LogP contribution in [0.4, 0.5) is 0 Å². The normalized spacial score (nSPS) is 11.9. The van der Waals surface area contributed by atoms with Gasteiger partial charge in [0.05, 0.1) is 6.10 Å². The molecule has 0 aliphatic heterocycles. The second-order valence-electron chi connectivity index (χ2n) is 6.81. The molecule has 1 atom stereocenters. The molecular formula is C23H24N2O2. The first-order valence-corrected chi connectivity index (χ1v) is 9.12. The Morgan fingerprint density at radius 2 is 1.74 bits per heavy atom. The molecule has 3 rings (SSSR count). The minimum Gasteiger partial charge on any atom is -0.491 e. The Balaban J connectivity index is 1.55. The summed E-state index contributed by atoms with van der Waals surface area (Å²) in [5, 5.41) is 9.57. The van der Waals surface area contributed by atoms with Gasteiger partial charge in [-0.1, -0.05) is 48.5 Å². The fourth-order valence-electron chi connectivity index (χ4n) is 3.03. The van der Waals surface area contributed by atoms with Crippen molar-refractivity contribution in [3.63, 3.8) is 0 Å². The Labute approximate surface area is 159 Å². The van der Waals surface area contributed by atoms with Crippen molar-refractivity contribution in [2.45, 2.75) is 32.3 Å². The van der Waals surface area contributed by atoms with Crippen LogP contribution in [-0.2, 0) is 11.2 Å². The molecule has 138 valence electrons. The fourth-order valence-corrected chi connectivity index (χ4v) is 3.03. The number of nitrogens with two attached hydrogens (primary N) is 1. The van der Waals surface area contributed by atoms with Crippen LogP contribution in [0.25, 0.3) is 10.8 Å². The van der Waals surface area contributed by atoms with Crippen LogP contribution < -0.4 is 10.5 Å². The van der Waals surface area contributed by atoms with Crippen LogP contribution >= 0.6 is 0 Å². The number of ketones is 1. The van der Waals surface area contributed by atoms with Gasteiger partial charge < -0.3 is 10.5 Å². The molecule has 1 unspecified atom stereocenters. The molecule has 27 heavy (non-hydrogen) atoms. The molecule has 0 spiro atoms. The van der Waals surface area contributed by atoms with Crippen molar-refractivity contribution in [2.75, 3.05) is 0 Å². The third kappa shape index (κ3) is 5.17. The average Bonchev–Trinajstić information content (AvgIpc) is 2.66. The number of Topliss-reactive ketones (excluding diaryl/α,β-unsaturated/α-hetero) is 1. The molecule has 3 N–H and O–H groups in total. The van der Waals surface area contributed by atoms with Gasteiger partial charge in [-0.25, -0.2) is 0 Å². The van der Waals surface area contributed by atoms with E-state index in [-0.39, 0.29) is 17.7 Å². The second kappa shape index (κ2) is 8.49. The lowest BCUT2D eigenvalue weighted by Gasteiger charge is -2.15. The molecule has 0 fully saturated rings. The number of carbonyl (C=O) groups is 1. The van der Waals surface area contributed by atoms with E-state index >= 15 is 0 Å². The van der Waals surface area contributed by atoms with Gasteiger partial charge in [-0.3, -0.25) is 10.2 Å². The zero-order chi connectivity index (χ0) is 19.2. The maximum absolute atomic E-state index is 12.1. The highest BCUT2D eigenvalue weighted by Gasteiger charge is 2.10. The minimum absolute atomic E-state index is 0.0429. The first kappa shape index (κ1) is 18.6. The zero-order valence-electron chi connectivity index (χ0n) is 15.4. The number of carbonyl (C=O) groups excluding carboxylic acids is 1. The summed E-state index contributed by atoms with van der Waals surface area (Å²) in [4.78, 5) is 12.1. The second-order valence-corrected chi connectivity index (χ2v) is 6.81. The van der Waals surface area contributed by atoms with E-state index in [4.69, 9.17) is 15.9 Å². The standard InChI is InChI=1S/C23H24N2O2/c1-16(7-11-21(26)13-17-5-3-2-4-6-17)27-22-12-10-18-14-20(23(24)25)9-8-19(18)15-22/h2-6,8-10,12,14-16H,7,11,13H2,1H3,(H3,24,25). The summed E-state index contributed by atoms with van der Waals surface area (Å²) >= 11 is 0. The van der Waals surface area contributed by atoms with Crippen molar-refractivity contribution < 1.29 is 9.53 Å². The molecule has 3 aromatic carbocycles. The molecule has 4 nitrogen and oxygen atoms in total. The number of hydrogen-bond acceptors (Lipinski definition) is 3. The van der Waals surface area contributed by atoms with Gasteiger partial charge in [-0.2, -0.15) is 0 Å². The van der Waals surface area contributed by atoms with Crippen molar-refractivity contribution in [3.05, 3.63) is 77.9 Å². The lowest BCUT2D eigenvalue weighted by molar-refractivity contribution is -0.118. The van der Waals surface area contributed by atoms with E-state index in [0.29, 0.717) is 24.8 Å². The number of nitrogens with one attached hydrogen (secondary N) is 1. The molecule has 0 heterocycles. The Morgan fingerprint density at radius 1 is 1.04 bits per heavy atom. The van der Waals surface area contributed by atoms with E-state index in [9.17, 15) is 4.79 Å². The zero-order valence-corrected chi connectivity index (χ0v) is 15.4. The number of nitrogen functional groups attached to an aromatic ring is 1. The van der Waals surface area contributed by atoms with Crippen LogP contribution in [-0.4, -0.2) is 17.7 Å². The van der Waals surface area contributed by atoms with Gasteiger partial charge in [0.25, 0.3) is 0 Å². The van der Waals surface area contributed by atoms with E-state index in [0.717, 1.165) is 22.1 Å². The molecule has 0 saturated carbocycles. The van der Waals surface area contributed by atoms with Crippen molar-refractivity contribution in [1.82, 2.24) is 0 Å². The molecule has 0 amide bonds. The van der Waals surface area contributed by atoms with Crippen LogP contribution in [0.1, 0.15) is 30.9 Å². The predicted molar refractivity (Wildman–Crippen MR) is 109 cm³/mol. The highest BCUT2D eigenvalue weighted by molar-refractivity contribution is 5.99. The number of fused-ring (bicyclic) bond motifs is 1. The lowest BCUT2D eigenvalue weighted by Crippen LogP contribution is -2.14. The molecule has 0 aliphatic carbocycles. The smallest absolute Gasteiger partial charge is 0.137 e. The molecule has 3 aromatic rings. The maximum Gasteiger partial charge on any atom is 0.137 e. The first-order chi connectivity index (χ1) is 13.0. The summed E-state index contributed by atoms with van der Waals surface area (Å²) in [6, 6.07) is 21.3. The number of benzene rings is 3. The highest BCUT2D eigenvalue weighted by atomic mass is 16.5. The molecule has 4 heteroatoms. The van der Waals surface area contributed by atoms with Gasteiger partial charge in [-0.15, -0.1) is 0 Å². The van der Waals surface area contributed by atoms with Crippen molar-refractivity contribution in [3.8, 4) is 5.75 Å². The minimum atomic E-state index is -0.0429. The summed E-state index contributed by atoms with van der Waals surface area (Å²) in [5.41, 5.74) is 7.30. The predicted octanol–water partition coefficient (Wildman–Crippen LogP) is 4.48. The summed E-state index contributed by atoms with van der Waals surface area (Å²) in [6.07, 6.45) is 1.62. The third-order valence-corrected chi connectivity index (χ3v) is 4.53. The molecule has 0 bridgehead atoms.